The minimum atomic E-state index is -0.893. The van der Waals surface area contributed by atoms with E-state index in [1.165, 1.54) is 12.1 Å². The van der Waals surface area contributed by atoms with E-state index in [1.54, 1.807) is 4.90 Å². The van der Waals surface area contributed by atoms with Gasteiger partial charge in [-0.1, -0.05) is 0 Å². The maximum atomic E-state index is 13.4. The summed E-state index contributed by atoms with van der Waals surface area (Å²) in [5, 5.41) is 19.7. The standard InChI is InChI=1S/C12H13FN2O4/c13-9-4-10(6-11(5-9)15(18)19)14-3-1-2-8(7-14)12(16)17/h4-6,8H,1-3,7H2,(H,16,17). The van der Waals surface area contributed by atoms with E-state index in [1.807, 2.05) is 0 Å². The summed E-state index contributed by atoms with van der Waals surface area (Å²) in [6, 6.07) is 3.31. The molecular weight excluding hydrogens is 255 g/mol. The van der Waals surface area contributed by atoms with Gasteiger partial charge in [-0.2, -0.15) is 0 Å². The number of nitro benzene ring substituents is 1. The first-order valence-corrected chi connectivity index (χ1v) is 5.90. The van der Waals surface area contributed by atoms with Gasteiger partial charge in [0.1, 0.15) is 5.82 Å². The summed E-state index contributed by atoms with van der Waals surface area (Å²) in [5.74, 6) is -2.10. The monoisotopic (exact) mass is 268 g/mol. The fraction of sp³-hybridized carbons (Fsp3) is 0.417. The summed E-state index contributed by atoms with van der Waals surface area (Å²) in [7, 11) is 0. The molecule has 0 radical (unpaired) electrons. The van der Waals surface area contributed by atoms with Gasteiger partial charge in [0, 0.05) is 24.8 Å². The van der Waals surface area contributed by atoms with Gasteiger partial charge in [-0.05, 0) is 18.9 Å². The van der Waals surface area contributed by atoms with Crippen molar-refractivity contribution in [3.8, 4) is 0 Å². The Morgan fingerprint density at radius 1 is 1.47 bits per heavy atom. The van der Waals surface area contributed by atoms with Gasteiger partial charge in [0.15, 0.2) is 0 Å². The molecule has 0 amide bonds. The molecule has 1 heterocycles. The van der Waals surface area contributed by atoms with E-state index in [0.717, 1.165) is 6.07 Å². The van der Waals surface area contributed by atoms with Crippen molar-refractivity contribution in [2.75, 3.05) is 18.0 Å². The number of aliphatic carboxylic acids is 1. The highest BCUT2D eigenvalue weighted by molar-refractivity contribution is 5.71. The van der Waals surface area contributed by atoms with Crippen LogP contribution in [0.25, 0.3) is 0 Å². The van der Waals surface area contributed by atoms with Crippen LogP contribution >= 0.6 is 0 Å². The Hall–Kier alpha value is -2.18. The van der Waals surface area contributed by atoms with Crippen molar-refractivity contribution in [2.45, 2.75) is 12.8 Å². The summed E-state index contributed by atoms with van der Waals surface area (Å²) < 4.78 is 13.4. The molecule has 1 N–H and O–H groups in total. The number of nitrogens with zero attached hydrogens (tertiary/aromatic N) is 2. The number of piperidine rings is 1. The molecule has 0 spiro atoms. The van der Waals surface area contributed by atoms with E-state index < -0.39 is 22.6 Å². The van der Waals surface area contributed by atoms with E-state index >= 15 is 0 Å². The van der Waals surface area contributed by atoms with Crippen LogP contribution in [0.4, 0.5) is 15.8 Å². The zero-order chi connectivity index (χ0) is 14.0. The first-order valence-electron chi connectivity index (χ1n) is 5.90. The highest BCUT2D eigenvalue weighted by atomic mass is 19.1. The number of anilines is 1. The Morgan fingerprint density at radius 3 is 2.84 bits per heavy atom. The quantitative estimate of drug-likeness (QED) is 0.669. The van der Waals surface area contributed by atoms with E-state index in [0.29, 0.717) is 25.1 Å². The zero-order valence-corrected chi connectivity index (χ0v) is 10.1. The van der Waals surface area contributed by atoms with Gasteiger partial charge in [0.2, 0.25) is 0 Å². The molecule has 1 aromatic carbocycles. The summed E-state index contributed by atoms with van der Waals surface area (Å²) in [6.45, 7) is 0.820. The van der Waals surface area contributed by atoms with Gasteiger partial charge in [-0.3, -0.25) is 14.9 Å². The Morgan fingerprint density at radius 2 is 2.21 bits per heavy atom. The van der Waals surface area contributed by atoms with Crippen LogP contribution in [0.5, 0.6) is 0 Å². The second kappa shape index (κ2) is 5.21. The molecule has 19 heavy (non-hydrogen) atoms. The van der Waals surface area contributed by atoms with E-state index in [4.69, 9.17) is 5.11 Å². The molecule has 1 aliphatic rings. The van der Waals surface area contributed by atoms with Gasteiger partial charge in [0.25, 0.3) is 5.69 Å². The number of hydrogen-bond donors (Lipinski definition) is 1. The molecule has 0 saturated carbocycles. The topological polar surface area (TPSA) is 83.7 Å². The predicted molar refractivity (Wildman–Crippen MR) is 65.6 cm³/mol. The van der Waals surface area contributed by atoms with Crippen LogP contribution in [0.3, 0.4) is 0 Å². The normalized spacial score (nSPS) is 19.2. The van der Waals surface area contributed by atoms with E-state index in [2.05, 4.69) is 0 Å². The second-order valence-corrected chi connectivity index (χ2v) is 4.55. The number of nitro groups is 1. The van der Waals surface area contributed by atoms with Crippen molar-refractivity contribution in [1.82, 2.24) is 0 Å². The highest BCUT2D eigenvalue weighted by Gasteiger charge is 2.26. The number of benzene rings is 1. The van der Waals surface area contributed by atoms with Crippen LogP contribution in [0.1, 0.15) is 12.8 Å². The smallest absolute Gasteiger partial charge is 0.308 e. The van der Waals surface area contributed by atoms with Crippen molar-refractivity contribution in [3.63, 3.8) is 0 Å². The average molecular weight is 268 g/mol. The molecule has 1 saturated heterocycles. The average Bonchev–Trinajstić information content (AvgIpc) is 2.38. The Bertz CT molecular complexity index is 520. The minimum absolute atomic E-state index is 0.246. The lowest BCUT2D eigenvalue weighted by molar-refractivity contribution is -0.385. The lowest BCUT2D eigenvalue weighted by atomic mass is 9.98. The number of hydrogen-bond acceptors (Lipinski definition) is 4. The number of non-ortho nitro benzene ring substituents is 1. The lowest BCUT2D eigenvalue weighted by Crippen LogP contribution is -2.38. The largest absolute Gasteiger partial charge is 0.481 e. The molecule has 1 aliphatic heterocycles. The van der Waals surface area contributed by atoms with Crippen LogP contribution in [0.15, 0.2) is 18.2 Å². The first kappa shape index (κ1) is 13.3. The molecule has 1 unspecified atom stereocenters. The number of carbonyl (C=O) groups is 1. The third-order valence-corrected chi connectivity index (χ3v) is 3.21. The summed E-state index contributed by atoms with van der Waals surface area (Å²) in [4.78, 5) is 22.7. The van der Waals surface area contributed by atoms with Crippen molar-refractivity contribution in [1.29, 1.82) is 0 Å². The lowest BCUT2D eigenvalue weighted by Gasteiger charge is -2.32. The zero-order valence-electron chi connectivity index (χ0n) is 10.1. The summed E-state index contributed by atoms with van der Waals surface area (Å²) in [6.07, 6.45) is 1.24. The molecule has 0 aliphatic carbocycles. The Kier molecular flexibility index (Phi) is 3.64. The van der Waals surface area contributed by atoms with Gasteiger partial charge in [-0.25, -0.2) is 4.39 Å². The molecule has 2 rings (SSSR count). The van der Waals surface area contributed by atoms with Gasteiger partial charge >= 0.3 is 5.97 Å². The maximum absolute atomic E-state index is 13.4. The van der Waals surface area contributed by atoms with Crippen molar-refractivity contribution >= 4 is 17.3 Å². The second-order valence-electron chi connectivity index (χ2n) is 4.55. The van der Waals surface area contributed by atoms with Crippen LogP contribution in [-0.4, -0.2) is 29.1 Å². The van der Waals surface area contributed by atoms with Gasteiger partial charge in [0.05, 0.1) is 16.9 Å². The maximum Gasteiger partial charge on any atom is 0.308 e. The fourth-order valence-electron chi connectivity index (χ4n) is 2.26. The van der Waals surface area contributed by atoms with Crippen LogP contribution in [0, 0.1) is 21.8 Å². The highest BCUT2D eigenvalue weighted by Crippen LogP contribution is 2.27. The van der Waals surface area contributed by atoms with Gasteiger partial charge in [-0.15, -0.1) is 0 Å². The van der Waals surface area contributed by atoms with Crippen LogP contribution in [-0.2, 0) is 4.79 Å². The van der Waals surface area contributed by atoms with E-state index in [9.17, 15) is 19.3 Å². The summed E-state index contributed by atoms with van der Waals surface area (Å²) in [5.41, 5.74) is 0.0325. The minimum Gasteiger partial charge on any atom is -0.481 e. The molecule has 102 valence electrons. The van der Waals surface area contributed by atoms with E-state index in [-0.39, 0.29) is 12.2 Å². The molecule has 0 bridgehead atoms. The molecule has 1 atom stereocenters. The SMILES string of the molecule is O=C(O)C1CCCN(c2cc(F)cc([N+](=O)[O-])c2)C1. The Labute approximate surface area is 108 Å². The number of carboxylic acid groups (broad SMARTS) is 1. The van der Waals surface area contributed by atoms with Crippen LogP contribution < -0.4 is 4.90 Å². The first-order chi connectivity index (χ1) is 8.97. The van der Waals surface area contributed by atoms with Gasteiger partial charge < -0.3 is 10.0 Å². The third-order valence-electron chi connectivity index (χ3n) is 3.21. The third kappa shape index (κ3) is 2.98. The molecule has 6 nitrogen and oxygen atoms in total. The molecule has 0 aromatic heterocycles. The summed E-state index contributed by atoms with van der Waals surface area (Å²) >= 11 is 0. The fourth-order valence-corrected chi connectivity index (χ4v) is 2.26. The Balaban J connectivity index is 2.26. The predicted octanol–water partition coefficient (Wildman–Crippen LogP) is 2.03. The van der Waals surface area contributed by atoms with Crippen LogP contribution in [0.2, 0.25) is 0 Å². The van der Waals surface area contributed by atoms with Crippen molar-refractivity contribution in [2.24, 2.45) is 5.92 Å². The molecule has 7 heteroatoms. The number of carboxylic acids is 1. The van der Waals surface area contributed by atoms with Crippen molar-refractivity contribution in [3.05, 3.63) is 34.1 Å². The number of rotatable bonds is 3. The molecular formula is C12H13FN2O4. The molecule has 1 fully saturated rings. The molecule has 1 aromatic rings. The number of halogens is 1. The van der Waals surface area contributed by atoms with Crippen molar-refractivity contribution < 1.29 is 19.2 Å².